The number of nitrogens with zero attached hydrogens (tertiary/aromatic N) is 2. The first-order valence-electron chi connectivity index (χ1n) is 10.2. The van der Waals surface area contributed by atoms with E-state index in [-0.39, 0.29) is 31.1 Å². The Labute approximate surface area is 177 Å². The summed E-state index contributed by atoms with van der Waals surface area (Å²) in [6.45, 7) is 4.35. The molecule has 0 fully saturated rings. The molecule has 1 N–H and O–H groups in total. The smallest absolute Gasteiger partial charge is 0.277 e. The molecule has 0 atom stereocenters. The Morgan fingerprint density at radius 1 is 1.00 bits per heavy atom. The Balaban J connectivity index is 1.89. The molecular weight excluding hydrogens is 380 g/mol. The van der Waals surface area contributed by atoms with Crippen molar-refractivity contribution in [2.24, 2.45) is 0 Å². The van der Waals surface area contributed by atoms with Gasteiger partial charge in [-0.05, 0) is 43.5 Å². The van der Waals surface area contributed by atoms with E-state index in [0.717, 1.165) is 5.56 Å². The molecule has 2 amide bonds. The molecule has 2 aromatic rings. The standard InChI is InChI=1S/C24H28N2O4/c1-17(2)30-20-11-9-19(10-12-20)21-22(25(3)15-16-27)24(29)26(23(21)28)14-13-18-7-5-4-6-8-18/h4-12,17,27H,13-16H2,1-3H3. The van der Waals surface area contributed by atoms with E-state index in [2.05, 4.69) is 0 Å². The van der Waals surface area contributed by atoms with Gasteiger partial charge in [0.15, 0.2) is 0 Å². The lowest BCUT2D eigenvalue weighted by molar-refractivity contribution is -0.137. The number of ether oxygens (including phenoxy) is 1. The fourth-order valence-corrected chi connectivity index (χ4v) is 3.50. The van der Waals surface area contributed by atoms with E-state index in [0.29, 0.717) is 35.5 Å². The van der Waals surface area contributed by atoms with Crippen molar-refractivity contribution in [3.05, 3.63) is 71.4 Å². The van der Waals surface area contributed by atoms with Crippen molar-refractivity contribution in [2.45, 2.75) is 26.4 Å². The van der Waals surface area contributed by atoms with Crippen LogP contribution >= 0.6 is 0 Å². The van der Waals surface area contributed by atoms with Gasteiger partial charge in [-0.25, -0.2) is 0 Å². The molecule has 6 nitrogen and oxygen atoms in total. The van der Waals surface area contributed by atoms with Gasteiger partial charge in [-0.1, -0.05) is 42.5 Å². The largest absolute Gasteiger partial charge is 0.491 e. The summed E-state index contributed by atoms with van der Waals surface area (Å²) in [5.74, 6) is 0.0648. The van der Waals surface area contributed by atoms with Gasteiger partial charge in [-0.3, -0.25) is 14.5 Å². The number of rotatable bonds is 9. The normalized spacial score (nSPS) is 14.1. The third-order valence-electron chi connectivity index (χ3n) is 4.94. The third kappa shape index (κ3) is 4.71. The molecule has 1 aliphatic heterocycles. The number of carbonyl (C=O) groups excluding carboxylic acids is 2. The molecule has 0 saturated carbocycles. The first-order valence-corrected chi connectivity index (χ1v) is 10.2. The molecule has 0 aromatic heterocycles. The number of carbonyl (C=O) groups is 2. The van der Waals surface area contributed by atoms with E-state index in [1.54, 1.807) is 36.2 Å². The highest BCUT2D eigenvalue weighted by Gasteiger charge is 2.40. The molecule has 0 saturated heterocycles. The van der Waals surface area contributed by atoms with Crippen LogP contribution in [0.4, 0.5) is 0 Å². The van der Waals surface area contributed by atoms with Gasteiger partial charge in [0.2, 0.25) is 0 Å². The van der Waals surface area contributed by atoms with Crippen molar-refractivity contribution in [1.29, 1.82) is 0 Å². The van der Waals surface area contributed by atoms with Gasteiger partial charge in [-0.15, -0.1) is 0 Å². The van der Waals surface area contributed by atoms with Crippen LogP contribution in [0, 0.1) is 0 Å². The monoisotopic (exact) mass is 408 g/mol. The zero-order valence-electron chi connectivity index (χ0n) is 17.7. The highest BCUT2D eigenvalue weighted by Crippen LogP contribution is 2.32. The zero-order valence-corrected chi connectivity index (χ0v) is 17.7. The average molecular weight is 408 g/mol. The second-order valence-electron chi connectivity index (χ2n) is 7.56. The number of hydrogen-bond donors (Lipinski definition) is 1. The van der Waals surface area contributed by atoms with Crippen molar-refractivity contribution in [3.63, 3.8) is 0 Å². The zero-order chi connectivity index (χ0) is 21.7. The highest BCUT2D eigenvalue weighted by atomic mass is 16.5. The van der Waals surface area contributed by atoms with E-state index in [4.69, 9.17) is 4.74 Å². The van der Waals surface area contributed by atoms with E-state index in [1.807, 2.05) is 44.2 Å². The lowest BCUT2D eigenvalue weighted by Gasteiger charge is -2.20. The molecule has 0 aliphatic carbocycles. The predicted molar refractivity (Wildman–Crippen MR) is 116 cm³/mol. The molecule has 6 heteroatoms. The minimum atomic E-state index is -0.329. The molecular formula is C24H28N2O4. The van der Waals surface area contributed by atoms with Crippen LogP contribution in [-0.2, 0) is 16.0 Å². The first kappa shape index (κ1) is 21.6. The minimum Gasteiger partial charge on any atom is -0.491 e. The van der Waals surface area contributed by atoms with Gasteiger partial charge in [0.25, 0.3) is 11.8 Å². The maximum atomic E-state index is 13.2. The summed E-state index contributed by atoms with van der Waals surface area (Å²) in [5, 5.41) is 9.35. The summed E-state index contributed by atoms with van der Waals surface area (Å²) < 4.78 is 5.68. The van der Waals surface area contributed by atoms with Crippen LogP contribution in [0.5, 0.6) is 5.75 Å². The fourth-order valence-electron chi connectivity index (χ4n) is 3.50. The molecule has 0 unspecified atom stereocenters. The van der Waals surface area contributed by atoms with E-state index in [1.165, 1.54) is 4.90 Å². The van der Waals surface area contributed by atoms with Crippen LogP contribution in [-0.4, -0.2) is 59.6 Å². The Kier molecular flexibility index (Phi) is 6.90. The predicted octanol–water partition coefficient (Wildman–Crippen LogP) is 2.72. The third-order valence-corrected chi connectivity index (χ3v) is 4.94. The Morgan fingerprint density at radius 3 is 2.27 bits per heavy atom. The highest BCUT2D eigenvalue weighted by molar-refractivity contribution is 6.35. The topological polar surface area (TPSA) is 70.1 Å². The SMILES string of the molecule is CC(C)Oc1ccc(C2=C(N(C)CCO)C(=O)N(CCc3ccccc3)C2=O)cc1. The van der Waals surface area contributed by atoms with Gasteiger partial charge in [0.05, 0.1) is 18.3 Å². The minimum absolute atomic E-state index is 0.0458. The van der Waals surface area contributed by atoms with Crippen LogP contribution in [0.1, 0.15) is 25.0 Å². The summed E-state index contributed by atoms with van der Waals surface area (Å²) in [6.07, 6.45) is 0.633. The van der Waals surface area contributed by atoms with E-state index in [9.17, 15) is 14.7 Å². The van der Waals surface area contributed by atoms with E-state index < -0.39 is 0 Å². The fraction of sp³-hybridized carbons (Fsp3) is 0.333. The van der Waals surface area contributed by atoms with Crippen molar-refractivity contribution >= 4 is 17.4 Å². The molecule has 30 heavy (non-hydrogen) atoms. The van der Waals surface area contributed by atoms with Crippen molar-refractivity contribution in [1.82, 2.24) is 9.80 Å². The lowest BCUT2D eigenvalue weighted by Crippen LogP contribution is -2.36. The number of likely N-dealkylation sites (N-methyl/N-ethyl adjacent to an activating group) is 1. The summed E-state index contributed by atoms with van der Waals surface area (Å²) in [4.78, 5) is 29.3. The maximum absolute atomic E-state index is 13.2. The van der Waals surface area contributed by atoms with Crippen LogP contribution < -0.4 is 4.74 Å². The number of imide groups is 1. The van der Waals surface area contributed by atoms with Crippen LogP contribution in [0.2, 0.25) is 0 Å². The number of hydrogen-bond acceptors (Lipinski definition) is 5. The lowest BCUT2D eigenvalue weighted by atomic mass is 10.0. The van der Waals surface area contributed by atoms with E-state index >= 15 is 0 Å². The van der Waals surface area contributed by atoms with Gasteiger partial charge in [0, 0.05) is 20.1 Å². The molecule has 0 spiro atoms. The van der Waals surface area contributed by atoms with Crippen molar-refractivity contribution < 1.29 is 19.4 Å². The summed E-state index contributed by atoms with van der Waals surface area (Å²) in [5.41, 5.74) is 2.40. The van der Waals surface area contributed by atoms with Crippen molar-refractivity contribution in [2.75, 3.05) is 26.7 Å². The summed E-state index contributed by atoms with van der Waals surface area (Å²) >= 11 is 0. The van der Waals surface area contributed by atoms with Gasteiger partial charge in [-0.2, -0.15) is 0 Å². The van der Waals surface area contributed by atoms with Gasteiger partial charge >= 0.3 is 0 Å². The Bertz CT molecular complexity index is 920. The molecule has 2 aromatic carbocycles. The van der Waals surface area contributed by atoms with Crippen molar-refractivity contribution in [3.8, 4) is 5.75 Å². The number of benzene rings is 2. The van der Waals surface area contributed by atoms with Crippen LogP contribution in [0.25, 0.3) is 5.57 Å². The maximum Gasteiger partial charge on any atom is 0.277 e. The van der Waals surface area contributed by atoms with Gasteiger partial charge in [0.1, 0.15) is 11.4 Å². The quantitative estimate of drug-likeness (QED) is 0.646. The average Bonchev–Trinajstić information content (AvgIpc) is 2.97. The molecule has 158 valence electrons. The van der Waals surface area contributed by atoms with Crippen LogP contribution in [0.15, 0.2) is 60.3 Å². The molecule has 0 bridgehead atoms. The second-order valence-corrected chi connectivity index (χ2v) is 7.56. The molecule has 3 rings (SSSR count). The molecule has 0 radical (unpaired) electrons. The Hall–Kier alpha value is -3.12. The van der Waals surface area contributed by atoms with Crippen LogP contribution in [0.3, 0.4) is 0 Å². The molecule has 1 heterocycles. The second kappa shape index (κ2) is 9.59. The number of aliphatic hydroxyl groups is 1. The summed E-state index contributed by atoms with van der Waals surface area (Å²) in [7, 11) is 1.72. The summed E-state index contributed by atoms with van der Waals surface area (Å²) in [6, 6.07) is 17.0. The Morgan fingerprint density at radius 2 is 1.67 bits per heavy atom. The number of aliphatic hydroxyl groups excluding tert-OH is 1. The first-order chi connectivity index (χ1) is 14.4. The molecule has 1 aliphatic rings. The number of amides is 2. The van der Waals surface area contributed by atoms with Gasteiger partial charge < -0.3 is 14.7 Å².